The summed E-state index contributed by atoms with van der Waals surface area (Å²) in [7, 11) is 0. The van der Waals surface area contributed by atoms with Crippen LogP contribution in [0.3, 0.4) is 0 Å². The minimum absolute atomic E-state index is 0.0168. The van der Waals surface area contributed by atoms with Crippen LogP contribution in [0.1, 0.15) is 12.8 Å². The monoisotopic (exact) mass is 242 g/mol. The van der Waals surface area contributed by atoms with Crippen LogP contribution in [0, 0.1) is 0 Å². The number of rotatable bonds is 3. The van der Waals surface area contributed by atoms with E-state index >= 15 is 0 Å². The van der Waals surface area contributed by atoms with Crippen LogP contribution in [0.2, 0.25) is 0 Å². The lowest BCUT2D eigenvalue weighted by molar-refractivity contribution is -0.119. The van der Waals surface area contributed by atoms with Gasteiger partial charge in [-0.3, -0.25) is 4.79 Å². The maximum absolute atomic E-state index is 11.4. The predicted molar refractivity (Wildman–Crippen MR) is 66.6 cm³/mol. The Morgan fingerprint density at radius 2 is 2.12 bits per heavy atom. The highest BCUT2D eigenvalue weighted by Gasteiger charge is 2.23. The van der Waals surface area contributed by atoms with Crippen molar-refractivity contribution in [2.24, 2.45) is 10.7 Å². The van der Waals surface area contributed by atoms with E-state index in [4.69, 9.17) is 5.73 Å². The molecule has 1 saturated heterocycles. The summed E-state index contributed by atoms with van der Waals surface area (Å²) >= 11 is 1.93. The lowest BCUT2D eigenvalue weighted by Gasteiger charge is -2.27. The molecule has 16 heavy (non-hydrogen) atoms. The third-order valence-corrected chi connectivity index (χ3v) is 3.60. The first-order chi connectivity index (χ1) is 7.75. The molecule has 2 fully saturated rings. The zero-order valence-electron chi connectivity index (χ0n) is 9.32. The number of aliphatic imine (C=N–C) groups is 1. The van der Waals surface area contributed by atoms with Crippen LogP contribution in [0.4, 0.5) is 0 Å². The number of thioether (sulfide) groups is 1. The summed E-state index contributed by atoms with van der Waals surface area (Å²) in [5.41, 5.74) is 5.83. The van der Waals surface area contributed by atoms with Gasteiger partial charge in [-0.15, -0.1) is 0 Å². The van der Waals surface area contributed by atoms with Crippen molar-refractivity contribution in [1.29, 1.82) is 0 Å². The third-order valence-electron chi connectivity index (χ3n) is 2.66. The molecule has 0 unspecified atom stereocenters. The van der Waals surface area contributed by atoms with Gasteiger partial charge in [0, 0.05) is 30.6 Å². The molecule has 3 N–H and O–H groups in total. The number of nitrogens with zero attached hydrogens (tertiary/aromatic N) is 2. The normalized spacial score (nSPS) is 22.0. The molecule has 2 aliphatic rings. The molecule has 0 bridgehead atoms. The van der Waals surface area contributed by atoms with Crippen LogP contribution in [0.5, 0.6) is 0 Å². The first-order valence-corrected chi connectivity index (χ1v) is 6.83. The zero-order chi connectivity index (χ0) is 11.4. The van der Waals surface area contributed by atoms with Gasteiger partial charge >= 0.3 is 0 Å². The maximum atomic E-state index is 11.4. The van der Waals surface area contributed by atoms with Gasteiger partial charge in [0.05, 0.1) is 0 Å². The van der Waals surface area contributed by atoms with E-state index in [1.165, 1.54) is 0 Å². The first-order valence-electron chi connectivity index (χ1n) is 5.67. The Morgan fingerprint density at radius 3 is 2.75 bits per heavy atom. The molecule has 1 saturated carbocycles. The van der Waals surface area contributed by atoms with Crippen molar-refractivity contribution in [3.05, 3.63) is 0 Å². The number of nitrogens with two attached hydrogens (primary N) is 1. The minimum atomic E-state index is -0.0168. The van der Waals surface area contributed by atoms with E-state index in [9.17, 15) is 4.79 Å². The van der Waals surface area contributed by atoms with Gasteiger partial charge in [0.25, 0.3) is 0 Å². The Bertz CT molecular complexity index is 285. The van der Waals surface area contributed by atoms with Crippen LogP contribution < -0.4 is 11.1 Å². The number of nitrogens with one attached hydrogen (secondary N) is 1. The van der Waals surface area contributed by atoms with E-state index in [-0.39, 0.29) is 12.5 Å². The smallest absolute Gasteiger partial charge is 0.242 e. The second-order valence-electron chi connectivity index (χ2n) is 4.12. The standard InChI is InChI=1S/C10H18N4OS/c11-10(14-3-5-16-6-4-14)12-7-9(15)13-8-1-2-8/h8H,1-7H2,(H2,11,12)(H,13,15). The van der Waals surface area contributed by atoms with Crippen LogP contribution >= 0.6 is 11.8 Å². The molecule has 1 aliphatic carbocycles. The van der Waals surface area contributed by atoms with E-state index in [1.807, 2.05) is 16.7 Å². The molecule has 1 amide bonds. The van der Waals surface area contributed by atoms with E-state index in [1.54, 1.807) is 0 Å². The molecular formula is C10H18N4OS. The predicted octanol–water partition coefficient (Wildman–Crippen LogP) is -0.371. The lowest BCUT2D eigenvalue weighted by Crippen LogP contribution is -2.43. The van der Waals surface area contributed by atoms with Gasteiger partial charge in [0.2, 0.25) is 5.91 Å². The number of amides is 1. The molecule has 0 aromatic heterocycles. The summed E-state index contributed by atoms with van der Waals surface area (Å²) in [6.45, 7) is 2.03. The van der Waals surface area contributed by atoms with Crippen LogP contribution in [-0.4, -0.2) is 53.9 Å². The largest absolute Gasteiger partial charge is 0.370 e. The summed E-state index contributed by atoms with van der Waals surface area (Å²) in [5, 5.41) is 2.89. The molecule has 2 rings (SSSR count). The van der Waals surface area contributed by atoms with E-state index in [0.717, 1.165) is 37.4 Å². The van der Waals surface area contributed by atoms with Gasteiger partial charge in [-0.25, -0.2) is 4.99 Å². The highest BCUT2D eigenvalue weighted by molar-refractivity contribution is 7.99. The molecule has 0 aromatic rings. The summed E-state index contributed by atoms with van der Waals surface area (Å²) < 4.78 is 0. The average Bonchev–Trinajstić information content (AvgIpc) is 3.11. The van der Waals surface area contributed by atoms with Gasteiger partial charge < -0.3 is 16.0 Å². The highest BCUT2D eigenvalue weighted by atomic mass is 32.2. The lowest BCUT2D eigenvalue weighted by atomic mass is 10.5. The van der Waals surface area contributed by atoms with Crippen LogP contribution in [-0.2, 0) is 4.79 Å². The zero-order valence-corrected chi connectivity index (χ0v) is 10.1. The Morgan fingerprint density at radius 1 is 1.44 bits per heavy atom. The molecule has 1 heterocycles. The van der Waals surface area contributed by atoms with Gasteiger partial charge in [-0.2, -0.15) is 11.8 Å². The summed E-state index contributed by atoms with van der Waals surface area (Å²) in [4.78, 5) is 17.6. The number of carbonyl (C=O) groups is 1. The summed E-state index contributed by atoms with van der Waals surface area (Å²) in [5.74, 6) is 2.66. The maximum Gasteiger partial charge on any atom is 0.242 e. The quantitative estimate of drug-likeness (QED) is 0.523. The van der Waals surface area contributed by atoms with Crippen molar-refractivity contribution < 1.29 is 4.79 Å². The molecule has 0 spiro atoms. The van der Waals surface area contributed by atoms with Crippen molar-refractivity contribution in [3.8, 4) is 0 Å². The van der Waals surface area contributed by atoms with Gasteiger partial charge in [-0.05, 0) is 12.8 Å². The number of hydrogen-bond acceptors (Lipinski definition) is 3. The molecule has 6 heteroatoms. The SMILES string of the molecule is NC(=NCC(=O)NC1CC1)N1CCSCC1. The highest BCUT2D eigenvalue weighted by Crippen LogP contribution is 2.18. The Balaban J connectivity index is 1.73. The van der Waals surface area contributed by atoms with Gasteiger partial charge in [0.15, 0.2) is 5.96 Å². The molecule has 0 aromatic carbocycles. The topological polar surface area (TPSA) is 70.7 Å². The number of carbonyl (C=O) groups excluding carboxylic acids is 1. The molecule has 0 atom stereocenters. The van der Waals surface area contributed by atoms with Crippen LogP contribution in [0.25, 0.3) is 0 Å². The molecule has 90 valence electrons. The fraction of sp³-hybridized carbons (Fsp3) is 0.800. The fourth-order valence-electron chi connectivity index (χ4n) is 1.55. The Labute approximate surface area is 99.8 Å². The second kappa shape index (κ2) is 5.43. The van der Waals surface area contributed by atoms with E-state index in [2.05, 4.69) is 10.3 Å². The fourth-order valence-corrected chi connectivity index (χ4v) is 2.45. The second-order valence-corrected chi connectivity index (χ2v) is 5.34. The van der Waals surface area contributed by atoms with Crippen molar-refractivity contribution in [2.45, 2.75) is 18.9 Å². The van der Waals surface area contributed by atoms with E-state index in [0.29, 0.717) is 12.0 Å². The number of guanidine groups is 1. The van der Waals surface area contributed by atoms with Crippen molar-refractivity contribution in [2.75, 3.05) is 31.1 Å². The van der Waals surface area contributed by atoms with Crippen LogP contribution in [0.15, 0.2) is 4.99 Å². The van der Waals surface area contributed by atoms with Gasteiger partial charge in [-0.1, -0.05) is 0 Å². The molecule has 5 nitrogen and oxygen atoms in total. The van der Waals surface area contributed by atoms with Crippen molar-refractivity contribution >= 4 is 23.6 Å². The van der Waals surface area contributed by atoms with Crippen molar-refractivity contribution in [3.63, 3.8) is 0 Å². The number of hydrogen-bond donors (Lipinski definition) is 2. The molecular weight excluding hydrogens is 224 g/mol. The molecule has 1 aliphatic heterocycles. The first kappa shape index (κ1) is 11.6. The minimum Gasteiger partial charge on any atom is -0.370 e. The summed E-state index contributed by atoms with van der Waals surface area (Å²) in [6, 6.07) is 0.398. The summed E-state index contributed by atoms with van der Waals surface area (Å²) in [6.07, 6.45) is 2.21. The van der Waals surface area contributed by atoms with Crippen molar-refractivity contribution in [1.82, 2.24) is 10.2 Å². The molecule has 0 radical (unpaired) electrons. The van der Waals surface area contributed by atoms with E-state index < -0.39 is 0 Å². The average molecular weight is 242 g/mol. The Kier molecular flexibility index (Phi) is 3.93. The Hall–Kier alpha value is -0.910. The van der Waals surface area contributed by atoms with Gasteiger partial charge in [0.1, 0.15) is 6.54 Å². The third kappa shape index (κ3) is 3.59.